The Labute approximate surface area is 210 Å². The SMILES string of the molecule is O=C1S/C(=C\c2cccc(Oc3ccc([N+](=O)[O-])cc3[N+](=O)[O-])c2)C(=O)N1Cc1ccc(Br)cc1. The third-order valence-corrected chi connectivity index (χ3v) is 6.30. The Hall–Kier alpha value is -4.03. The predicted molar refractivity (Wildman–Crippen MR) is 132 cm³/mol. The molecular weight excluding hydrogens is 542 g/mol. The van der Waals surface area contributed by atoms with Crippen LogP contribution in [0, 0.1) is 20.2 Å². The molecule has 2 amide bonds. The summed E-state index contributed by atoms with van der Waals surface area (Å²) in [6, 6.07) is 16.7. The lowest BCUT2D eigenvalue weighted by molar-refractivity contribution is -0.394. The summed E-state index contributed by atoms with van der Waals surface area (Å²) in [7, 11) is 0. The maximum absolute atomic E-state index is 12.8. The molecule has 3 aromatic carbocycles. The standard InChI is InChI=1S/C23H14BrN3O7S/c24-16-6-4-14(5-7-16)13-25-22(28)21(35-23(25)29)11-15-2-1-3-18(10-15)34-20-9-8-17(26(30)31)12-19(20)27(32)33/h1-12H,13H2/b21-11-. The molecule has 4 rings (SSSR count). The second kappa shape index (κ2) is 10.1. The van der Waals surface area contributed by atoms with Crippen molar-refractivity contribution in [2.45, 2.75) is 6.54 Å². The Morgan fingerprint density at radius 1 is 0.971 bits per heavy atom. The molecule has 0 N–H and O–H groups in total. The number of thioether (sulfide) groups is 1. The Balaban J connectivity index is 1.54. The molecule has 0 aliphatic carbocycles. The monoisotopic (exact) mass is 555 g/mol. The van der Waals surface area contributed by atoms with E-state index in [1.54, 1.807) is 18.2 Å². The van der Waals surface area contributed by atoms with Crippen molar-refractivity contribution >= 4 is 56.3 Å². The van der Waals surface area contributed by atoms with Gasteiger partial charge in [-0.3, -0.25) is 34.7 Å². The maximum atomic E-state index is 12.8. The van der Waals surface area contributed by atoms with Crippen molar-refractivity contribution in [3.8, 4) is 11.5 Å². The van der Waals surface area contributed by atoms with Crippen molar-refractivity contribution in [1.82, 2.24) is 4.90 Å². The summed E-state index contributed by atoms with van der Waals surface area (Å²) < 4.78 is 6.49. The van der Waals surface area contributed by atoms with Gasteiger partial charge in [-0.15, -0.1) is 0 Å². The lowest BCUT2D eigenvalue weighted by atomic mass is 10.2. The molecule has 12 heteroatoms. The second-order valence-electron chi connectivity index (χ2n) is 7.24. The van der Waals surface area contributed by atoms with E-state index in [2.05, 4.69) is 15.9 Å². The number of hydrogen-bond acceptors (Lipinski definition) is 8. The fourth-order valence-electron chi connectivity index (χ4n) is 3.20. The number of nitro groups is 2. The first-order valence-corrected chi connectivity index (χ1v) is 11.5. The van der Waals surface area contributed by atoms with Gasteiger partial charge in [-0.1, -0.05) is 40.2 Å². The summed E-state index contributed by atoms with van der Waals surface area (Å²) in [5, 5.41) is 21.9. The molecule has 3 aromatic rings. The fourth-order valence-corrected chi connectivity index (χ4v) is 4.31. The molecular formula is C23H14BrN3O7S. The number of benzene rings is 3. The predicted octanol–water partition coefficient (Wildman–Crippen LogP) is 6.29. The molecule has 1 heterocycles. The molecule has 1 aliphatic rings. The van der Waals surface area contributed by atoms with E-state index in [9.17, 15) is 29.8 Å². The van der Waals surface area contributed by atoms with Gasteiger partial charge in [-0.2, -0.15) is 0 Å². The minimum Gasteiger partial charge on any atom is -0.450 e. The minimum absolute atomic E-state index is 0.141. The van der Waals surface area contributed by atoms with Crippen LogP contribution in [0.1, 0.15) is 11.1 Å². The summed E-state index contributed by atoms with van der Waals surface area (Å²) in [4.78, 5) is 47.4. The Morgan fingerprint density at radius 3 is 2.40 bits per heavy atom. The molecule has 0 atom stereocenters. The molecule has 1 fully saturated rings. The highest BCUT2D eigenvalue weighted by Crippen LogP contribution is 2.36. The zero-order chi connectivity index (χ0) is 25.1. The molecule has 0 spiro atoms. The smallest absolute Gasteiger partial charge is 0.318 e. The highest BCUT2D eigenvalue weighted by Gasteiger charge is 2.35. The van der Waals surface area contributed by atoms with E-state index >= 15 is 0 Å². The van der Waals surface area contributed by atoms with Gasteiger partial charge >= 0.3 is 5.69 Å². The van der Waals surface area contributed by atoms with E-state index < -0.39 is 32.4 Å². The van der Waals surface area contributed by atoms with Gasteiger partial charge in [-0.25, -0.2) is 0 Å². The van der Waals surface area contributed by atoms with Gasteiger partial charge in [0.2, 0.25) is 5.75 Å². The summed E-state index contributed by atoms with van der Waals surface area (Å²) in [6.45, 7) is 0.141. The van der Waals surface area contributed by atoms with Gasteiger partial charge in [-0.05, 0) is 59.3 Å². The number of ether oxygens (including phenoxy) is 1. The normalized spacial score (nSPS) is 14.4. The summed E-state index contributed by atoms with van der Waals surface area (Å²) in [5.41, 5.74) is 0.341. The largest absolute Gasteiger partial charge is 0.450 e. The first kappa shape index (κ1) is 24.1. The zero-order valence-electron chi connectivity index (χ0n) is 17.6. The van der Waals surface area contributed by atoms with E-state index in [1.165, 1.54) is 12.1 Å². The van der Waals surface area contributed by atoms with Crippen LogP contribution >= 0.6 is 27.7 Å². The number of non-ortho nitro benzene ring substituents is 1. The van der Waals surface area contributed by atoms with E-state index in [-0.39, 0.29) is 22.9 Å². The number of nitrogens with zero attached hydrogens (tertiary/aromatic N) is 3. The van der Waals surface area contributed by atoms with Crippen molar-refractivity contribution in [1.29, 1.82) is 0 Å². The molecule has 176 valence electrons. The lowest BCUT2D eigenvalue weighted by Crippen LogP contribution is -2.27. The zero-order valence-corrected chi connectivity index (χ0v) is 20.0. The number of carbonyl (C=O) groups excluding carboxylic acids is 2. The first-order chi connectivity index (χ1) is 16.7. The van der Waals surface area contributed by atoms with Gasteiger partial charge in [0.1, 0.15) is 5.75 Å². The van der Waals surface area contributed by atoms with Crippen LogP contribution < -0.4 is 4.74 Å². The van der Waals surface area contributed by atoms with Crippen LogP contribution in [0.25, 0.3) is 6.08 Å². The average Bonchev–Trinajstić information content (AvgIpc) is 3.08. The summed E-state index contributed by atoms with van der Waals surface area (Å²) in [5.74, 6) is -0.391. The number of imide groups is 1. The molecule has 0 bridgehead atoms. The Morgan fingerprint density at radius 2 is 1.71 bits per heavy atom. The summed E-state index contributed by atoms with van der Waals surface area (Å²) in [6.07, 6.45) is 1.53. The van der Waals surface area contributed by atoms with Gasteiger partial charge in [0.15, 0.2) is 0 Å². The van der Waals surface area contributed by atoms with Crippen molar-refractivity contribution in [3.63, 3.8) is 0 Å². The third-order valence-electron chi connectivity index (χ3n) is 4.86. The van der Waals surface area contributed by atoms with E-state index in [4.69, 9.17) is 4.74 Å². The van der Waals surface area contributed by atoms with Crippen LogP contribution in [-0.4, -0.2) is 25.9 Å². The van der Waals surface area contributed by atoms with E-state index in [0.29, 0.717) is 5.56 Å². The molecule has 0 unspecified atom stereocenters. The highest BCUT2D eigenvalue weighted by molar-refractivity contribution is 9.10. The number of hydrogen-bond donors (Lipinski definition) is 0. The number of carbonyl (C=O) groups is 2. The van der Waals surface area contributed by atoms with E-state index in [0.717, 1.165) is 44.9 Å². The molecule has 1 aliphatic heterocycles. The number of halogens is 1. The van der Waals surface area contributed by atoms with Gasteiger partial charge < -0.3 is 4.74 Å². The van der Waals surface area contributed by atoms with Crippen LogP contribution in [0.3, 0.4) is 0 Å². The minimum atomic E-state index is -0.770. The van der Waals surface area contributed by atoms with Gasteiger partial charge in [0, 0.05) is 10.5 Å². The lowest BCUT2D eigenvalue weighted by Gasteiger charge is -2.12. The van der Waals surface area contributed by atoms with Gasteiger partial charge in [0.25, 0.3) is 16.8 Å². The van der Waals surface area contributed by atoms with Crippen LogP contribution in [0.2, 0.25) is 0 Å². The van der Waals surface area contributed by atoms with Gasteiger partial charge in [0.05, 0.1) is 27.4 Å². The molecule has 35 heavy (non-hydrogen) atoms. The first-order valence-electron chi connectivity index (χ1n) is 9.92. The number of nitro benzene ring substituents is 2. The summed E-state index contributed by atoms with van der Waals surface area (Å²) >= 11 is 4.16. The Bertz CT molecular complexity index is 1390. The second-order valence-corrected chi connectivity index (χ2v) is 9.14. The Kier molecular flexibility index (Phi) is 6.94. The third kappa shape index (κ3) is 5.55. The van der Waals surface area contributed by atoms with Crippen LogP contribution in [0.4, 0.5) is 16.2 Å². The van der Waals surface area contributed by atoms with Crippen LogP contribution in [0.15, 0.2) is 76.1 Å². The van der Waals surface area contributed by atoms with Crippen LogP contribution in [-0.2, 0) is 11.3 Å². The van der Waals surface area contributed by atoms with Crippen LogP contribution in [0.5, 0.6) is 11.5 Å². The van der Waals surface area contributed by atoms with Crippen molar-refractivity contribution in [3.05, 3.63) is 107 Å². The van der Waals surface area contributed by atoms with Crippen molar-refractivity contribution in [2.75, 3.05) is 0 Å². The molecule has 0 saturated carbocycles. The topological polar surface area (TPSA) is 133 Å². The highest BCUT2D eigenvalue weighted by atomic mass is 79.9. The quantitative estimate of drug-likeness (QED) is 0.188. The number of amides is 2. The molecule has 1 saturated heterocycles. The van der Waals surface area contributed by atoms with Crippen molar-refractivity contribution < 1.29 is 24.2 Å². The average molecular weight is 556 g/mol. The fraction of sp³-hybridized carbons (Fsp3) is 0.0435. The van der Waals surface area contributed by atoms with E-state index in [1.807, 2.05) is 24.3 Å². The molecule has 0 radical (unpaired) electrons. The molecule has 10 nitrogen and oxygen atoms in total. The number of rotatable bonds is 7. The maximum Gasteiger partial charge on any atom is 0.318 e. The molecule has 0 aromatic heterocycles. The van der Waals surface area contributed by atoms with Crippen molar-refractivity contribution in [2.24, 2.45) is 0 Å².